The van der Waals surface area contributed by atoms with E-state index in [0.717, 1.165) is 29.0 Å². The highest BCUT2D eigenvalue weighted by Gasteiger charge is 2.41. The SMILES string of the molecule is CC(C)(C)c1ccc(C(c2ccc(OCCCC#CC#Cc3ccc(COc4ccc(C(c5ccc(C(C)(C)C)cc5)(c5ccc(C(C)(C)C)cc5)c5ccc(C(C)(C)C)cc5)cc4)cc3)cc2)(c2ccc(C(C)(C)C)cc2)c2ccc(C(C)(C)C)cc2)cc1. The first-order valence-corrected chi connectivity index (χ1v) is 32.6. The Labute approximate surface area is 543 Å². The van der Waals surface area contributed by atoms with Crippen molar-refractivity contribution < 1.29 is 9.47 Å². The monoisotopic (exact) mass is 1190 g/mol. The molecule has 0 radical (unpaired) electrons. The Morgan fingerprint density at radius 3 is 0.744 bits per heavy atom. The van der Waals surface area contributed by atoms with Crippen molar-refractivity contribution in [2.45, 2.75) is 187 Å². The lowest BCUT2D eigenvalue weighted by atomic mass is 9.64. The van der Waals surface area contributed by atoms with Crippen LogP contribution in [0.25, 0.3) is 0 Å². The third kappa shape index (κ3) is 15.0. The zero-order valence-electron chi connectivity index (χ0n) is 57.4. The van der Waals surface area contributed by atoms with Crippen LogP contribution in [0.15, 0.2) is 218 Å². The molecule has 0 aromatic heterocycles. The molecule has 90 heavy (non-hydrogen) atoms. The molecular weight excluding hydrogens is 1090 g/mol. The van der Waals surface area contributed by atoms with E-state index in [1.165, 1.54) is 77.9 Å². The second kappa shape index (κ2) is 26.3. The van der Waals surface area contributed by atoms with Crippen LogP contribution in [0.3, 0.4) is 0 Å². The molecule has 0 atom stereocenters. The van der Waals surface area contributed by atoms with E-state index in [-0.39, 0.29) is 32.5 Å². The van der Waals surface area contributed by atoms with Crippen molar-refractivity contribution in [2.24, 2.45) is 0 Å². The maximum Gasteiger partial charge on any atom is 0.119 e. The van der Waals surface area contributed by atoms with Crippen molar-refractivity contribution in [1.29, 1.82) is 0 Å². The minimum absolute atomic E-state index is 0.0295. The lowest BCUT2D eigenvalue weighted by Crippen LogP contribution is -2.31. The average molecular weight is 1190 g/mol. The first-order chi connectivity index (χ1) is 42.4. The van der Waals surface area contributed by atoms with Crippen molar-refractivity contribution in [3.8, 4) is 35.2 Å². The first-order valence-electron chi connectivity index (χ1n) is 32.6. The summed E-state index contributed by atoms with van der Waals surface area (Å²) in [5, 5.41) is 0. The van der Waals surface area contributed by atoms with Crippen molar-refractivity contribution in [3.63, 3.8) is 0 Å². The summed E-state index contributed by atoms with van der Waals surface area (Å²) in [5.74, 6) is 14.3. The van der Waals surface area contributed by atoms with Gasteiger partial charge in [-0.05, 0) is 171 Å². The van der Waals surface area contributed by atoms with Crippen LogP contribution in [0, 0.1) is 23.7 Å². The predicted molar refractivity (Wildman–Crippen MR) is 382 cm³/mol. The summed E-state index contributed by atoms with van der Waals surface area (Å²) < 4.78 is 12.9. The fourth-order valence-corrected chi connectivity index (χ4v) is 12.3. The average Bonchev–Trinajstić information content (AvgIpc) is 0.744. The molecule has 0 aliphatic carbocycles. The van der Waals surface area contributed by atoms with Crippen LogP contribution < -0.4 is 9.47 Å². The van der Waals surface area contributed by atoms with Crippen molar-refractivity contribution >= 4 is 0 Å². The number of benzene rings is 9. The summed E-state index contributed by atoms with van der Waals surface area (Å²) in [6.07, 6.45) is 1.48. The molecule has 0 spiro atoms. The molecule has 2 nitrogen and oxygen atoms in total. The van der Waals surface area contributed by atoms with Crippen LogP contribution in [0.2, 0.25) is 0 Å². The van der Waals surface area contributed by atoms with Gasteiger partial charge in [-0.1, -0.05) is 318 Å². The smallest absolute Gasteiger partial charge is 0.119 e. The van der Waals surface area contributed by atoms with Crippen molar-refractivity contribution in [1.82, 2.24) is 0 Å². The zero-order chi connectivity index (χ0) is 64.9. The predicted octanol–water partition coefficient (Wildman–Crippen LogP) is 22.0. The molecular formula is C88H98O2. The molecule has 0 aliphatic heterocycles. The van der Waals surface area contributed by atoms with Gasteiger partial charge in [-0.3, -0.25) is 0 Å². The maximum atomic E-state index is 6.48. The third-order valence-electron chi connectivity index (χ3n) is 18.1. The lowest BCUT2D eigenvalue weighted by molar-refractivity contribution is 0.306. The van der Waals surface area contributed by atoms with Gasteiger partial charge in [0.15, 0.2) is 0 Å². The zero-order valence-corrected chi connectivity index (χ0v) is 57.4. The van der Waals surface area contributed by atoms with Gasteiger partial charge in [0.25, 0.3) is 0 Å². The van der Waals surface area contributed by atoms with Gasteiger partial charge < -0.3 is 9.47 Å². The molecule has 0 N–H and O–H groups in total. The molecule has 2 heteroatoms. The molecule has 0 aliphatic rings. The van der Waals surface area contributed by atoms with E-state index < -0.39 is 10.8 Å². The number of hydrogen-bond acceptors (Lipinski definition) is 2. The van der Waals surface area contributed by atoms with Crippen LogP contribution >= 0.6 is 0 Å². The largest absolute Gasteiger partial charge is 0.494 e. The second-order valence-corrected chi connectivity index (χ2v) is 31.0. The van der Waals surface area contributed by atoms with E-state index in [1.54, 1.807) is 0 Å². The summed E-state index contributed by atoms with van der Waals surface area (Å²) >= 11 is 0. The summed E-state index contributed by atoms with van der Waals surface area (Å²) in [5.41, 5.74) is 18.6. The van der Waals surface area contributed by atoms with E-state index in [2.05, 4.69) is 355 Å². The molecule has 0 fully saturated rings. The summed E-state index contributed by atoms with van der Waals surface area (Å²) in [7, 11) is 0. The Hall–Kier alpha value is -8.30. The number of hydrogen-bond donors (Lipinski definition) is 0. The Balaban J connectivity index is 0.865. The van der Waals surface area contributed by atoms with Gasteiger partial charge in [0.1, 0.15) is 18.1 Å². The van der Waals surface area contributed by atoms with Crippen LogP contribution in [0.4, 0.5) is 0 Å². The van der Waals surface area contributed by atoms with E-state index in [4.69, 9.17) is 9.47 Å². The normalized spacial score (nSPS) is 12.6. The van der Waals surface area contributed by atoms with Gasteiger partial charge >= 0.3 is 0 Å². The van der Waals surface area contributed by atoms with Gasteiger partial charge in [0, 0.05) is 12.0 Å². The number of ether oxygens (including phenoxy) is 2. The van der Waals surface area contributed by atoms with E-state index in [9.17, 15) is 0 Å². The van der Waals surface area contributed by atoms with Gasteiger partial charge in [-0.2, -0.15) is 0 Å². The number of rotatable bonds is 15. The summed E-state index contributed by atoms with van der Waals surface area (Å²) in [6.45, 7) is 42.0. The van der Waals surface area contributed by atoms with Gasteiger partial charge in [-0.25, -0.2) is 0 Å². The maximum absolute atomic E-state index is 6.48. The first kappa shape index (κ1) is 66.1. The highest BCUT2D eigenvalue weighted by molar-refractivity contribution is 5.63. The van der Waals surface area contributed by atoms with Crippen LogP contribution in [-0.2, 0) is 49.9 Å². The highest BCUT2D eigenvalue weighted by atomic mass is 16.5. The van der Waals surface area contributed by atoms with Crippen LogP contribution in [0.1, 0.15) is 226 Å². The molecule has 0 amide bonds. The van der Waals surface area contributed by atoms with Crippen molar-refractivity contribution in [2.75, 3.05) is 6.61 Å². The molecule has 9 aromatic carbocycles. The Morgan fingerprint density at radius 2 is 0.489 bits per heavy atom. The van der Waals surface area contributed by atoms with E-state index in [1.807, 2.05) is 12.1 Å². The topological polar surface area (TPSA) is 18.5 Å². The minimum atomic E-state index is -0.593. The standard InChI is InChI=1S/C88H98O2/c1-81(2,3)65-29-41-71(42-30-65)87(72-43-31-66(32-44-72)82(4,5)6,73-45-33-67(34-46-73)83(7,8)9)77-53-57-79(58-54-77)89-61-23-21-19-20-22-24-63-25-27-64(28-26-63)62-90-80-59-55-78(56-60-80)88(74-47-35-68(36-48-74)84(10,11)12,75-49-37-69(38-50-75)85(13,14)15)76-51-39-70(40-52-76)86(16,17)18/h25-60H,21,23,61-62H2,1-18H3. The summed E-state index contributed by atoms with van der Waals surface area (Å²) in [4.78, 5) is 0. The number of unbranched alkanes of at least 4 members (excludes halogenated alkanes) is 1. The Kier molecular flexibility index (Phi) is 19.3. The molecule has 0 heterocycles. The quantitative estimate of drug-likeness (QED) is 0.0579. The van der Waals surface area contributed by atoms with Gasteiger partial charge in [0.2, 0.25) is 0 Å². The van der Waals surface area contributed by atoms with Gasteiger partial charge in [0.05, 0.1) is 17.4 Å². The third-order valence-corrected chi connectivity index (χ3v) is 18.1. The molecule has 0 unspecified atom stereocenters. The van der Waals surface area contributed by atoms with E-state index in [0.29, 0.717) is 19.6 Å². The van der Waals surface area contributed by atoms with Crippen molar-refractivity contribution in [3.05, 3.63) is 307 Å². The molecule has 0 bridgehead atoms. The van der Waals surface area contributed by atoms with Gasteiger partial charge in [-0.15, -0.1) is 0 Å². The molecule has 0 saturated heterocycles. The Bertz CT molecular complexity index is 3660. The molecule has 462 valence electrons. The molecule has 0 saturated carbocycles. The molecule has 9 rings (SSSR count). The fourth-order valence-electron chi connectivity index (χ4n) is 12.3. The second-order valence-electron chi connectivity index (χ2n) is 31.0. The molecule has 9 aromatic rings. The highest BCUT2D eigenvalue weighted by Crippen LogP contribution is 2.49. The van der Waals surface area contributed by atoms with E-state index >= 15 is 0 Å². The summed E-state index contributed by atoms with van der Waals surface area (Å²) in [6, 6.07) is 81.7. The minimum Gasteiger partial charge on any atom is -0.494 e. The lowest BCUT2D eigenvalue weighted by Gasteiger charge is -2.38. The Morgan fingerprint density at radius 1 is 0.256 bits per heavy atom. The van der Waals surface area contributed by atoms with Crippen LogP contribution in [-0.4, -0.2) is 6.61 Å². The fraction of sp³-hybridized carbons (Fsp3) is 0.341. The van der Waals surface area contributed by atoms with Crippen LogP contribution in [0.5, 0.6) is 11.5 Å².